The van der Waals surface area contributed by atoms with Gasteiger partial charge in [-0.15, -0.1) is 0 Å². The topological polar surface area (TPSA) is 84.9 Å². The summed E-state index contributed by atoms with van der Waals surface area (Å²) in [5.41, 5.74) is 0.893. The van der Waals surface area contributed by atoms with Gasteiger partial charge in [-0.3, -0.25) is 4.79 Å². The van der Waals surface area contributed by atoms with Gasteiger partial charge in [-0.2, -0.15) is 4.31 Å². The Hall–Kier alpha value is -2.29. The van der Waals surface area contributed by atoms with Crippen LogP contribution in [-0.4, -0.2) is 38.5 Å². The number of carbonyl (C=O) groups is 1. The number of rotatable bonds is 5. The highest BCUT2D eigenvalue weighted by molar-refractivity contribution is 7.89. The lowest BCUT2D eigenvalue weighted by Gasteiger charge is -2.31. The van der Waals surface area contributed by atoms with Gasteiger partial charge in [0, 0.05) is 24.7 Å². The molecule has 2 aromatic rings. The van der Waals surface area contributed by atoms with E-state index in [1.807, 2.05) is 18.2 Å². The Morgan fingerprint density at radius 3 is 2.69 bits per heavy atom. The SMILES string of the molecule is O=C(NCc1ccc2c(c1)OCO2)[C@@H]1CCCN(S(=O)(=O)c2ccc(Cl)cc2)C1. The third-order valence-electron chi connectivity index (χ3n) is 5.11. The molecule has 29 heavy (non-hydrogen) atoms. The number of fused-ring (bicyclic) bond motifs is 1. The van der Waals surface area contributed by atoms with Crippen molar-refractivity contribution in [2.75, 3.05) is 19.9 Å². The maximum Gasteiger partial charge on any atom is 0.243 e. The second-order valence-corrected chi connectivity index (χ2v) is 9.44. The number of hydrogen-bond acceptors (Lipinski definition) is 5. The molecule has 2 heterocycles. The first kappa shape index (κ1) is 20.0. The van der Waals surface area contributed by atoms with E-state index in [-0.39, 0.29) is 30.1 Å². The quantitative estimate of drug-likeness (QED) is 0.779. The summed E-state index contributed by atoms with van der Waals surface area (Å²) < 4.78 is 37.8. The third kappa shape index (κ3) is 4.34. The van der Waals surface area contributed by atoms with Crippen LogP contribution in [0.25, 0.3) is 0 Å². The Balaban J connectivity index is 1.38. The molecule has 2 aliphatic heterocycles. The lowest BCUT2D eigenvalue weighted by molar-refractivity contribution is -0.126. The highest BCUT2D eigenvalue weighted by atomic mass is 35.5. The van der Waals surface area contributed by atoms with Crippen molar-refractivity contribution in [2.45, 2.75) is 24.3 Å². The molecule has 4 rings (SSSR count). The molecule has 2 aliphatic rings. The number of benzene rings is 2. The van der Waals surface area contributed by atoms with Crippen LogP contribution in [0.15, 0.2) is 47.4 Å². The molecule has 7 nitrogen and oxygen atoms in total. The highest BCUT2D eigenvalue weighted by Gasteiger charge is 2.33. The summed E-state index contributed by atoms with van der Waals surface area (Å²) in [5, 5.41) is 3.38. The molecular weight excluding hydrogens is 416 g/mol. The van der Waals surface area contributed by atoms with Crippen LogP contribution in [0, 0.1) is 5.92 Å². The standard InChI is InChI=1S/C20H21ClN2O5S/c21-16-4-6-17(7-5-16)29(25,26)23-9-1-2-15(12-23)20(24)22-11-14-3-8-18-19(10-14)28-13-27-18/h3-8,10,15H,1-2,9,11-13H2,(H,22,24)/t15-/m1/s1. The van der Waals surface area contributed by atoms with Crippen LogP contribution in [-0.2, 0) is 21.4 Å². The fourth-order valence-corrected chi connectivity index (χ4v) is 5.16. The van der Waals surface area contributed by atoms with Crippen LogP contribution in [0.3, 0.4) is 0 Å². The molecule has 1 atom stereocenters. The second-order valence-electron chi connectivity index (χ2n) is 7.06. The van der Waals surface area contributed by atoms with E-state index in [9.17, 15) is 13.2 Å². The van der Waals surface area contributed by atoms with E-state index in [1.165, 1.54) is 16.4 Å². The molecule has 0 unspecified atom stereocenters. The van der Waals surface area contributed by atoms with Gasteiger partial charge in [0.2, 0.25) is 22.7 Å². The minimum Gasteiger partial charge on any atom is -0.454 e. The van der Waals surface area contributed by atoms with Gasteiger partial charge < -0.3 is 14.8 Å². The fourth-order valence-electron chi connectivity index (χ4n) is 3.51. The Morgan fingerprint density at radius 1 is 1.14 bits per heavy atom. The van der Waals surface area contributed by atoms with Crippen molar-refractivity contribution in [3.63, 3.8) is 0 Å². The average Bonchev–Trinajstić information content (AvgIpc) is 3.20. The molecule has 0 aliphatic carbocycles. The number of amides is 1. The summed E-state index contributed by atoms with van der Waals surface area (Å²) in [6.07, 6.45) is 1.29. The first-order valence-corrected chi connectivity index (χ1v) is 11.2. The van der Waals surface area contributed by atoms with Gasteiger partial charge in [0.05, 0.1) is 10.8 Å². The van der Waals surface area contributed by atoms with Crippen LogP contribution < -0.4 is 14.8 Å². The molecule has 0 aromatic heterocycles. The monoisotopic (exact) mass is 436 g/mol. The number of sulfonamides is 1. The zero-order valence-electron chi connectivity index (χ0n) is 15.6. The lowest BCUT2D eigenvalue weighted by atomic mass is 9.98. The number of nitrogens with zero attached hydrogens (tertiary/aromatic N) is 1. The van der Waals surface area contributed by atoms with Crippen LogP contribution in [0.5, 0.6) is 11.5 Å². The Kier molecular flexibility index (Phi) is 5.67. The normalized spacial score (nSPS) is 19.1. The van der Waals surface area contributed by atoms with Crippen LogP contribution in [0.2, 0.25) is 5.02 Å². The summed E-state index contributed by atoms with van der Waals surface area (Å²) in [6.45, 7) is 1.11. The van der Waals surface area contributed by atoms with E-state index in [0.717, 1.165) is 5.56 Å². The van der Waals surface area contributed by atoms with Gasteiger partial charge in [0.15, 0.2) is 11.5 Å². The molecule has 154 valence electrons. The number of piperidine rings is 1. The predicted octanol–water partition coefficient (Wildman–Crippen LogP) is 2.79. The van der Waals surface area contributed by atoms with Crippen LogP contribution >= 0.6 is 11.6 Å². The van der Waals surface area contributed by atoms with Gasteiger partial charge in [0.25, 0.3) is 0 Å². The van der Waals surface area contributed by atoms with E-state index < -0.39 is 10.0 Å². The molecule has 1 N–H and O–H groups in total. The maximum atomic E-state index is 12.9. The van der Waals surface area contributed by atoms with E-state index in [4.69, 9.17) is 21.1 Å². The minimum atomic E-state index is -3.65. The molecule has 2 aromatic carbocycles. The summed E-state index contributed by atoms with van der Waals surface area (Å²) in [7, 11) is -3.65. The van der Waals surface area contributed by atoms with Crippen LogP contribution in [0.4, 0.5) is 0 Å². The van der Waals surface area contributed by atoms with Crippen molar-refractivity contribution >= 4 is 27.5 Å². The number of nitrogens with one attached hydrogen (secondary N) is 1. The molecule has 1 amide bonds. The van der Waals surface area contributed by atoms with Gasteiger partial charge in [-0.1, -0.05) is 17.7 Å². The molecule has 9 heteroatoms. The molecular formula is C20H21ClN2O5S. The second kappa shape index (κ2) is 8.22. The maximum absolute atomic E-state index is 12.9. The van der Waals surface area contributed by atoms with Crippen molar-refractivity contribution in [3.8, 4) is 11.5 Å². The number of carbonyl (C=O) groups excluding carboxylic acids is 1. The molecule has 0 bridgehead atoms. The van der Waals surface area contributed by atoms with E-state index in [0.29, 0.717) is 42.5 Å². The van der Waals surface area contributed by atoms with E-state index >= 15 is 0 Å². The average molecular weight is 437 g/mol. The lowest BCUT2D eigenvalue weighted by Crippen LogP contribution is -2.45. The molecule has 0 saturated carbocycles. The van der Waals surface area contributed by atoms with Gasteiger partial charge in [-0.05, 0) is 54.8 Å². The number of ether oxygens (including phenoxy) is 2. The van der Waals surface area contributed by atoms with Gasteiger partial charge in [-0.25, -0.2) is 8.42 Å². The van der Waals surface area contributed by atoms with Crippen molar-refractivity contribution in [3.05, 3.63) is 53.1 Å². The molecule has 1 saturated heterocycles. The zero-order valence-corrected chi connectivity index (χ0v) is 17.2. The van der Waals surface area contributed by atoms with Crippen molar-refractivity contribution in [2.24, 2.45) is 5.92 Å². The van der Waals surface area contributed by atoms with Crippen molar-refractivity contribution in [1.29, 1.82) is 0 Å². The van der Waals surface area contributed by atoms with Gasteiger partial charge in [0.1, 0.15) is 0 Å². The molecule has 0 spiro atoms. The fraction of sp³-hybridized carbons (Fsp3) is 0.350. The van der Waals surface area contributed by atoms with Gasteiger partial charge >= 0.3 is 0 Å². The van der Waals surface area contributed by atoms with Crippen LogP contribution in [0.1, 0.15) is 18.4 Å². The largest absolute Gasteiger partial charge is 0.454 e. The third-order valence-corrected chi connectivity index (χ3v) is 7.24. The highest BCUT2D eigenvalue weighted by Crippen LogP contribution is 2.32. The predicted molar refractivity (Wildman–Crippen MR) is 107 cm³/mol. The smallest absolute Gasteiger partial charge is 0.243 e. The van der Waals surface area contributed by atoms with E-state index in [1.54, 1.807) is 12.1 Å². The van der Waals surface area contributed by atoms with E-state index in [2.05, 4.69) is 5.32 Å². The summed E-state index contributed by atoms with van der Waals surface area (Å²) in [4.78, 5) is 12.8. The summed E-state index contributed by atoms with van der Waals surface area (Å²) in [6, 6.07) is 11.6. The Labute approximate surface area is 174 Å². The Morgan fingerprint density at radius 2 is 1.90 bits per heavy atom. The minimum absolute atomic E-state index is 0.154. The van der Waals surface area contributed by atoms with Crippen molar-refractivity contribution in [1.82, 2.24) is 9.62 Å². The Bertz CT molecular complexity index is 1010. The summed E-state index contributed by atoms with van der Waals surface area (Å²) >= 11 is 5.85. The molecule has 1 fully saturated rings. The molecule has 0 radical (unpaired) electrons. The first-order chi connectivity index (χ1) is 13.9. The first-order valence-electron chi connectivity index (χ1n) is 9.35. The summed E-state index contributed by atoms with van der Waals surface area (Å²) in [5.74, 6) is 0.809. The zero-order chi connectivity index (χ0) is 20.4. The van der Waals surface area contributed by atoms with Crippen molar-refractivity contribution < 1.29 is 22.7 Å². The number of hydrogen-bond donors (Lipinski definition) is 1. The number of halogens is 1.